The van der Waals surface area contributed by atoms with Crippen molar-refractivity contribution in [3.63, 3.8) is 0 Å². The number of aryl methyl sites for hydroxylation is 1. The minimum atomic E-state index is -0.773. The predicted molar refractivity (Wildman–Crippen MR) is 143 cm³/mol. The maximum absolute atomic E-state index is 13.2. The number of amides is 4. The first-order valence-corrected chi connectivity index (χ1v) is 12.5. The van der Waals surface area contributed by atoms with Crippen molar-refractivity contribution in [3.05, 3.63) is 95.1 Å². The highest BCUT2D eigenvalue weighted by Gasteiger charge is 2.36. The normalized spacial score (nSPS) is 15.1. The SMILES string of the molecule is Cc1ccc(C(C)C)c(OCCn2cc(/C=C3\C(=O)NC(=O)N(Cc4ccco4)C3=O)c3ccccc32)c1. The molecule has 1 aliphatic heterocycles. The summed E-state index contributed by atoms with van der Waals surface area (Å²) in [6.45, 7) is 7.27. The minimum Gasteiger partial charge on any atom is -0.491 e. The summed E-state index contributed by atoms with van der Waals surface area (Å²) in [5.41, 5.74) is 3.83. The highest BCUT2D eigenvalue weighted by atomic mass is 16.5. The van der Waals surface area contributed by atoms with E-state index in [0.717, 1.165) is 32.7 Å². The van der Waals surface area contributed by atoms with Crippen LogP contribution in [0, 0.1) is 6.92 Å². The maximum Gasteiger partial charge on any atom is 0.331 e. The highest BCUT2D eigenvalue weighted by Crippen LogP contribution is 2.29. The fraction of sp³-hybridized carbons (Fsp3) is 0.233. The number of para-hydroxylation sites is 1. The van der Waals surface area contributed by atoms with E-state index in [9.17, 15) is 14.4 Å². The monoisotopic (exact) mass is 511 g/mol. The summed E-state index contributed by atoms with van der Waals surface area (Å²) in [4.78, 5) is 39.2. The number of imide groups is 2. The number of barbiturate groups is 1. The van der Waals surface area contributed by atoms with Crippen molar-refractivity contribution in [2.45, 2.75) is 39.8 Å². The van der Waals surface area contributed by atoms with Gasteiger partial charge in [0, 0.05) is 22.7 Å². The van der Waals surface area contributed by atoms with Crippen molar-refractivity contribution in [1.82, 2.24) is 14.8 Å². The summed E-state index contributed by atoms with van der Waals surface area (Å²) < 4.78 is 13.5. The van der Waals surface area contributed by atoms with E-state index in [2.05, 4.69) is 37.4 Å². The van der Waals surface area contributed by atoms with Gasteiger partial charge in [-0.15, -0.1) is 0 Å². The average molecular weight is 512 g/mol. The van der Waals surface area contributed by atoms with E-state index in [1.807, 2.05) is 42.0 Å². The molecular formula is C30H29N3O5. The number of carbonyl (C=O) groups is 3. The molecule has 4 amide bonds. The maximum atomic E-state index is 13.2. The van der Waals surface area contributed by atoms with Crippen molar-refractivity contribution in [3.8, 4) is 5.75 Å². The number of aromatic nitrogens is 1. The Hall–Kier alpha value is -4.59. The summed E-state index contributed by atoms with van der Waals surface area (Å²) in [5.74, 6) is 0.264. The van der Waals surface area contributed by atoms with Crippen LogP contribution in [0.4, 0.5) is 4.79 Å². The van der Waals surface area contributed by atoms with Crippen LogP contribution in [0.25, 0.3) is 17.0 Å². The van der Waals surface area contributed by atoms with Gasteiger partial charge < -0.3 is 13.7 Å². The smallest absolute Gasteiger partial charge is 0.331 e. The van der Waals surface area contributed by atoms with Gasteiger partial charge in [-0.25, -0.2) is 4.79 Å². The topological polar surface area (TPSA) is 93.8 Å². The molecule has 0 saturated carbocycles. The molecule has 2 aromatic carbocycles. The number of furan rings is 1. The van der Waals surface area contributed by atoms with Crippen molar-refractivity contribution in [2.75, 3.05) is 6.61 Å². The molecule has 194 valence electrons. The molecule has 0 spiro atoms. The summed E-state index contributed by atoms with van der Waals surface area (Å²) >= 11 is 0. The zero-order valence-electron chi connectivity index (χ0n) is 21.6. The van der Waals surface area contributed by atoms with E-state index >= 15 is 0 Å². The van der Waals surface area contributed by atoms with E-state index < -0.39 is 17.8 Å². The van der Waals surface area contributed by atoms with Crippen LogP contribution in [-0.4, -0.2) is 33.9 Å². The Morgan fingerprint density at radius 3 is 2.63 bits per heavy atom. The number of rotatable bonds is 8. The molecule has 0 aliphatic carbocycles. The molecule has 4 aromatic rings. The first kappa shape index (κ1) is 25.1. The number of hydrogen-bond acceptors (Lipinski definition) is 5. The fourth-order valence-corrected chi connectivity index (χ4v) is 4.62. The standard InChI is InChI=1S/C30H29N3O5/c1-19(2)23-11-10-20(3)15-27(23)38-14-12-32-17-21(24-8-4-5-9-26(24)32)16-25-28(34)31-30(36)33(29(25)35)18-22-7-6-13-37-22/h4-11,13,15-17,19H,12,14,18H2,1-3H3,(H,31,34,36)/b25-16+. The Kier molecular flexibility index (Phi) is 6.87. The van der Waals surface area contributed by atoms with Crippen LogP contribution in [0.3, 0.4) is 0 Å². The molecule has 8 heteroatoms. The molecule has 2 aromatic heterocycles. The van der Waals surface area contributed by atoms with Crippen molar-refractivity contribution in [2.24, 2.45) is 0 Å². The van der Waals surface area contributed by atoms with E-state index in [1.54, 1.807) is 12.1 Å². The molecule has 8 nitrogen and oxygen atoms in total. The van der Waals surface area contributed by atoms with Crippen molar-refractivity contribution in [1.29, 1.82) is 0 Å². The Morgan fingerprint density at radius 1 is 1.05 bits per heavy atom. The molecule has 1 N–H and O–H groups in total. The molecule has 3 heterocycles. The third kappa shape index (κ3) is 4.98. The molecular weight excluding hydrogens is 482 g/mol. The lowest BCUT2D eigenvalue weighted by molar-refractivity contribution is -0.130. The average Bonchev–Trinajstić information content (AvgIpc) is 3.52. The molecule has 0 radical (unpaired) electrons. The van der Waals surface area contributed by atoms with Crippen LogP contribution in [0.5, 0.6) is 5.75 Å². The Morgan fingerprint density at radius 2 is 1.87 bits per heavy atom. The molecule has 0 bridgehead atoms. The second-order valence-electron chi connectivity index (χ2n) is 9.63. The van der Waals surface area contributed by atoms with Crippen LogP contribution in [0.2, 0.25) is 0 Å². The van der Waals surface area contributed by atoms with Crippen molar-refractivity contribution < 1.29 is 23.5 Å². The van der Waals surface area contributed by atoms with Gasteiger partial charge in [-0.2, -0.15) is 0 Å². The Labute approximate surface area is 220 Å². The Bertz CT molecular complexity index is 1550. The van der Waals surface area contributed by atoms with E-state index in [-0.39, 0.29) is 12.1 Å². The van der Waals surface area contributed by atoms with Gasteiger partial charge in [-0.05, 0) is 54.3 Å². The van der Waals surface area contributed by atoms with Crippen LogP contribution in [-0.2, 0) is 22.7 Å². The van der Waals surface area contributed by atoms with E-state index in [1.165, 1.54) is 12.3 Å². The molecule has 1 saturated heterocycles. The van der Waals surface area contributed by atoms with Gasteiger partial charge in [-0.3, -0.25) is 19.8 Å². The van der Waals surface area contributed by atoms with Gasteiger partial charge in [0.15, 0.2) is 0 Å². The number of nitrogens with one attached hydrogen (secondary N) is 1. The fourth-order valence-electron chi connectivity index (χ4n) is 4.62. The van der Waals surface area contributed by atoms with Crippen molar-refractivity contribution >= 4 is 34.8 Å². The zero-order valence-corrected chi connectivity index (χ0v) is 21.6. The number of nitrogens with zero attached hydrogens (tertiary/aromatic N) is 2. The Balaban J connectivity index is 1.41. The quantitative estimate of drug-likeness (QED) is 0.252. The summed E-state index contributed by atoms with van der Waals surface area (Å²) in [5, 5.41) is 3.14. The summed E-state index contributed by atoms with van der Waals surface area (Å²) in [6.07, 6.45) is 4.90. The molecule has 5 rings (SSSR count). The first-order valence-electron chi connectivity index (χ1n) is 12.5. The number of hydrogen-bond donors (Lipinski definition) is 1. The minimum absolute atomic E-state index is 0.0707. The zero-order chi connectivity index (χ0) is 26.8. The van der Waals surface area contributed by atoms with Gasteiger partial charge in [0.2, 0.25) is 0 Å². The molecule has 1 aliphatic rings. The lowest BCUT2D eigenvalue weighted by atomic mass is 10.0. The van der Waals surface area contributed by atoms with E-state index in [0.29, 0.717) is 30.4 Å². The lowest BCUT2D eigenvalue weighted by Gasteiger charge is -2.25. The summed E-state index contributed by atoms with van der Waals surface area (Å²) in [6, 6.07) is 16.6. The van der Waals surface area contributed by atoms with Gasteiger partial charge in [0.1, 0.15) is 23.7 Å². The molecule has 38 heavy (non-hydrogen) atoms. The predicted octanol–water partition coefficient (Wildman–Crippen LogP) is 5.41. The lowest BCUT2D eigenvalue weighted by Crippen LogP contribution is -2.53. The van der Waals surface area contributed by atoms with Crippen LogP contribution >= 0.6 is 0 Å². The third-order valence-electron chi connectivity index (χ3n) is 6.58. The van der Waals surface area contributed by atoms with Crippen LogP contribution < -0.4 is 10.1 Å². The number of ether oxygens (including phenoxy) is 1. The largest absolute Gasteiger partial charge is 0.491 e. The highest BCUT2D eigenvalue weighted by molar-refractivity contribution is 6.31. The van der Waals surface area contributed by atoms with Gasteiger partial charge in [-0.1, -0.05) is 44.2 Å². The van der Waals surface area contributed by atoms with Crippen LogP contribution in [0.1, 0.15) is 42.2 Å². The van der Waals surface area contributed by atoms with Gasteiger partial charge >= 0.3 is 6.03 Å². The second-order valence-corrected chi connectivity index (χ2v) is 9.63. The number of urea groups is 1. The van der Waals surface area contributed by atoms with Gasteiger partial charge in [0.05, 0.1) is 19.4 Å². The molecule has 0 atom stereocenters. The number of carbonyl (C=O) groups excluding carboxylic acids is 3. The van der Waals surface area contributed by atoms with Gasteiger partial charge in [0.25, 0.3) is 11.8 Å². The van der Waals surface area contributed by atoms with E-state index in [4.69, 9.17) is 9.15 Å². The number of fused-ring (bicyclic) bond motifs is 1. The third-order valence-corrected chi connectivity index (χ3v) is 6.58. The molecule has 1 fully saturated rings. The number of benzene rings is 2. The van der Waals surface area contributed by atoms with Crippen LogP contribution in [0.15, 0.2) is 77.0 Å². The first-order chi connectivity index (χ1) is 18.3. The summed E-state index contributed by atoms with van der Waals surface area (Å²) in [7, 11) is 0. The molecule has 0 unspecified atom stereocenters. The second kappa shape index (κ2) is 10.4.